The van der Waals surface area contributed by atoms with Gasteiger partial charge in [-0.25, -0.2) is 9.78 Å². The molecule has 0 saturated carbocycles. The number of rotatable bonds is 7. The van der Waals surface area contributed by atoms with Crippen molar-refractivity contribution < 1.29 is 19.1 Å². The van der Waals surface area contributed by atoms with Crippen molar-refractivity contribution in [3.63, 3.8) is 0 Å². The zero-order valence-corrected chi connectivity index (χ0v) is 16.7. The molecule has 0 aliphatic heterocycles. The Kier molecular flexibility index (Phi) is 6.46. The normalized spacial score (nSPS) is 10.4. The summed E-state index contributed by atoms with van der Waals surface area (Å²) in [5.41, 5.74) is 1.75. The second-order valence-corrected chi connectivity index (χ2v) is 6.80. The van der Waals surface area contributed by atoms with Crippen LogP contribution < -0.4 is 5.32 Å². The molecule has 3 rings (SSSR count). The van der Waals surface area contributed by atoms with E-state index in [1.54, 1.807) is 28.8 Å². The summed E-state index contributed by atoms with van der Waals surface area (Å²) in [6, 6.07) is 15.9. The Bertz CT molecular complexity index is 1050. The standard InChI is InChI=1S/C21H19N3O4S/c1-14(25)16-10-6-7-11-17(16)23-19(26)13-28-20(27)18-12-22-21(29-2)24(18)15-8-4-3-5-9-15/h3-12H,13H2,1-2H3,(H,23,26). The maximum absolute atomic E-state index is 12.6. The monoisotopic (exact) mass is 409 g/mol. The lowest BCUT2D eigenvalue weighted by atomic mass is 10.1. The third-order valence-electron chi connectivity index (χ3n) is 4.05. The van der Waals surface area contributed by atoms with E-state index in [0.717, 1.165) is 5.69 Å². The van der Waals surface area contributed by atoms with Crippen LogP contribution in [0.15, 0.2) is 66.0 Å². The third-order valence-corrected chi connectivity index (χ3v) is 4.70. The third kappa shape index (κ3) is 4.72. The number of benzene rings is 2. The first-order valence-electron chi connectivity index (χ1n) is 8.75. The summed E-state index contributed by atoms with van der Waals surface area (Å²) in [5.74, 6) is -1.38. The Balaban J connectivity index is 1.71. The van der Waals surface area contributed by atoms with Crippen molar-refractivity contribution in [1.82, 2.24) is 9.55 Å². The van der Waals surface area contributed by atoms with E-state index in [4.69, 9.17) is 4.74 Å². The maximum atomic E-state index is 12.6. The molecule has 0 atom stereocenters. The van der Waals surface area contributed by atoms with E-state index in [0.29, 0.717) is 16.4 Å². The molecular formula is C21H19N3O4S. The lowest BCUT2D eigenvalue weighted by molar-refractivity contribution is -0.119. The van der Waals surface area contributed by atoms with Crippen molar-refractivity contribution in [2.24, 2.45) is 0 Å². The van der Waals surface area contributed by atoms with Crippen LogP contribution in [0.5, 0.6) is 0 Å². The van der Waals surface area contributed by atoms with Crippen LogP contribution in [0.25, 0.3) is 5.69 Å². The number of esters is 1. The summed E-state index contributed by atoms with van der Waals surface area (Å²) in [6.07, 6.45) is 3.28. The molecule has 0 bridgehead atoms. The van der Waals surface area contributed by atoms with Crippen LogP contribution in [0, 0.1) is 0 Å². The second-order valence-electron chi connectivity index (χ2n) is 6.03. The van der Waals surface area contributed by atoms with Gasteiger partial charge in [0.05, 0.1) is 11.9 Å². The van der Waals surface area contributed by atoms with Crippen molar-refractivity contribution in [3.8, 4) is 5.69 Å². The topological polar surface area (TPSA) is 90.3 Å². The van der Waals surface area contributed by atoms with Gasteiger partial charge in [0.25, 0.3) is 5.91 Å². The molecule has 0 unspecified atom stereocenters. The summed E-state index contributed by atoms with van der Waals surface area (Å²) in [4.78, 5) is 40.7. The van der Waals surface area contributed by atoms with Gasteiger partial charge in [-0.15, -0.1) is 0 Å². The van der Waals surface area contributed by atoms with Crippen molar-refractivity contribution in [3.05, 3.63) is 72.1 Å². The van der Waals surface area contributed by atoms with E-state index in [-0.39, 0.29) is 11.5 Å². The van der Waals surface area contributed by atoms with Crippen molar-refractivity contribution in [1.29, 1.82) is 0 Å². The number of carbonyl (C=O) groups is 3. The number of hydrogen-bond donors (Lipinski definition) is 1. The molecule has 148 valence electrons. The smallest absolute Gasteiger partial charge is 0.357 e. The Labute approximate surface area is 172 Å². The lowest BCUT2D eigenvalue weighted by Crippen LogP contribution is -2.23. The van der Waals surface area contributed by atoms with Gasteiger partial charge in [-0.3, -0.25) is 14.2 Å². The van der Waals surface area contributed by atoms with Gasteiger partial charge >= 0.3 is 5.97 Å². The molecule has 7 nitrogen and oxygen atoms in total. The van der Waals surface area contributed by atoms with Gasteiger partial charge < -0.3 is 10.1 Å². The quantitative estimate of drug-likeness (QED) is 0.364. The lowest BCUT2D eigenvalue weighted by Gasteiger charge is -2.11. The minimum absolute atomic E-state index is 0.172. The van der Waals surface area contributed by atoms with E-state index >= 15 is 0 Å². The summed E-state index contributed by atoms with van der Waals surface area (Å²) >= 11 is 1.39. The average Bonchev–Trinajstić information content (AvgIpc) is 3.17. The number of ether oxygens (including phenoxy) is 1. The number of aromatic nitrogens is 2. The molecule has 3 aromatic rings. The Morgan fingerprint density at radius 2 is 1.76 bits per heavy atom. The predicted octanol–water partition coefficient (Wildman–Crippen LogP) is 3.59. The van der Waals surface area contributed by atoms with Crippen molar-refractivity contribution >= 4 is 35.1 Å². The highest BCUT2D eigenvalue weighted by atomic mass is 32.2. The van der Waals surface area contributed by atoms with Gasteiger partial charge in [-0.1, -0.05) is 42.1 Å². The zero-order chi connectivity index (χ0) is 20.8. The highest BCUT2D eigenvalue weighted by Gasteiger charge is 2.20. The second kappa shape index (κ2) is 9.20. The molecule has 29 heavy (non-hydrogen) atoms. The Hall–Kier alpha value is -3.39. The molecule has 1 aromatic heterocycles. The van der Waals surface area contributed by atoms with Gasteiger partial charge in [0.15, 0.2) is 23.2 Å². The van der Waals surface area contributed by atoms with Gasteiger partial charge in [0, 0.05) is 11.3 Å². The number of Topliss-reactive ketones (excluding diaryl/α,β-unsaturated/α-hetero) is 1. The van der Waals surface area contributed by atoms with Gasteiger partial charge in [-0.2, -0.15) is 0 Å². The minimum atomic E-state index is -0.670. The number of nitrogens with zero attached hydrogens (tertiary/aromatic N) is 2. The molecule has 1 heterocycles. The molecule has 0 fully saturated rings. The molecule has 0 radical (unpaired) electrons. The van der Waals surface area contributed by atoms with E-state index in [9.17, 15) is 14.4 Å². The number of nitrogens with one attached hydrogen (secondary N) is 1. The number of imidazole rings is 1. The van der Waals surface area contributed by atoms with Crippen LogP contribution in [0.1, 0.15) is 27.8 Å². The van der Waals surface area contributed by atoms with Crippen molar-refractivity contribution in [2.45, 2.75) is 12.1 Å². The summed E-state index contributed by atoms with van der Waals surface area (Å²) in [6.45, 7) is 0.929. The number of ketones is 1. The molecule has 8 heteroatoms. The molecular weight excluding hydrogens is 390 g/mol. The maximum Gasteiger partial charge on any atom is 0.357 e. The largest absolute Gasteiger partial charge is 0.451 e. The van der Waals surface area contributed by atoms with Gasteiger partial charge in [0.1, 0.15) is 0 Å². The van der Waals surface area contributed by atoms with Gasteiger partial charge in [-0.05, 0) is 37.4 Å². The number of carbonyl (C=O) groups excluding carboxylic acids is 3. The molecule has 1 N–H and O–H groups in total. The van der Waals surface area contributed by atoms with Crippen LogP contribution in [0.3, 0.4) is 0 Å². The predicted molar refractivity (Wildman–Crippen MR) is 111 cm³/mol. The first-order valence-corrected chi connectivity index (χ1v) is 9.98. The van der Waals surface area contributed by atoms with Crippen LogP contribution in [-0.2, 0) is 9.53 Å². The Morgan fingerprint density at radius 1 is 1.07 bits per heavy atom. The van der Waals surface area contributed by atoms with Crippen LogP contribution in [0.2, 0.25) is 0 Å². The number of para-hydroxylation sites is 2. The number of anilines is 1. The average molecular weight is 409 g/mol. The van der Waals surface area contributed by atoms with Crippen molar-refractivity contribution in [2.75, 3.05) is 18.2 Å². The SMILES string of the molecule is CSc1ncc(C(=O)OCC(=O)Nc2ccccc2C(C)=O)n1-c1ccccc1. The van der Waals surface area contributed by atoms with Crippen LogP contribution in [-0.4, -0.2) is 40.1 Å². The summed E-state index contributed by atoms with van der Waals surface area (Å²) in [5, 5.41) is 3.23. The van der Waals surface area contributed by atoms with Crippen LogP contribution in [0.4, 0.5) is 5.69 Å². The summed E-state index contributed by atoms with van der Waals surface area (Å²) in [7, 11) is 0. The molecule has 0 saturated heterocycles. The van der Waals surface area contributed by atoms with Crippen LogP contribution >= 0.6 is 11.8 Å². The highest BCUT2D eigenvalue weighted by molar-refractivity contribution is 7.98. The fourth-order valence-electron chi connectivity index (χ4n) is 2.74. The van der Waals surface area contributed by atoms with E-state index < -0.39 is 18.5 Å². The molecule has 0 aliphatic rings. The van der Waals surface area contributed by atoms with Gasteiger partial charge in [0.2, 0.25) is 0 Å². The fourth-order valence-corrected chi connectivity index (χ4v) is 3.28. The summed E-state index contributed by atoms with van der Waals surface area (Å²) < 4.78 is 6.85. The first-order chi connectivity index (χ1) is 14.0. The number of amides is 1. The number of thioether (sulfide) groups is 1. The zero-order valence-electron chi connectivity index (χ0n) is 15.9. The molecule has 0 spiro atoms. The Morgan fingerprint density at radius 3 is 2.45 bits per heavy atom. The molecule has 0 aliphatic carbocycles. The molecule has 1 amide bonds. The highest BCUT2D eigenvalue weighted by Crippen LogP contribution is 2.22. The van der Waals surface area contributed by atoms with E-state index in [1.165, 1.54) is 24.9 Å². The fraction of sp³-hybridized carbons (Fsp3) is 0.143. The molecule has 2 aromatic carbocycles. The van der Waals surface area contributed by atoms with E-state index in [2.05, 4.69) is 10.3 Å². The number of hydrogen-bond acceptors (Lipinski definition) is 6. The van der Waals surface area contributed by atoms with E-state index in [1.807, 2.05) is 36.6 Å². The minimum Gasteiger partial charge on any atom is -0.451 e. The first kappa shape index (κ1) is 20.3.